The second kappa shape index (κ2) is 16.4. The number of carbonyl (C=O) groups is 2. The average Bonchev–Trinajstić information content (AvgIpc) is 2.67. The maximum atomic E-state index is 11.9. The molecule has 0 aromatic rings. The molecular weight excluding hydrogens is 443 g/mol. The van der Waals surface area contributed by atoms with Crippen LogP contribution in [0.15, 0.2) is 21.3 Å². The van der Waals surface area contributed by atoms with Crippen LogP contribution in [0, 0.1) is 0 Å². The van der Waals surface area contributed by atoms with Gasteiger partial charge in [0.1, 0.15) is 0 Å². The molecule has 0 atom stereocenters. The number of methoxy groups -OCH3 is 1. The van der Waals surface area contributed by atoms with Gasteiger partial charge in [-0.25, -0.2) is 0 Å². The summed E-state index contributed by atoms with van der Waals surface area (Å²) in [5.74, 6) is -0.257. The van der Waals surface area contributed by atoms with E-state index in [0.717, 1.165) is 24.7 Å². The van der Waals surface area contributed by atoms with Gasteiger partial charge in [0.05, 0.1) is 0 Å². The molecule has 0 aliphatic carbocycles. The normalized spacial score (nSPS) is 12.9. The maximum absolute atomic E-state index is 11.9. The number of hydrogen-bond donors (Lipinski definition) is 0. The first-order valence-corrected chi connectivity index (χ1v) is 18.4. The minimum atomic E-state index is -2.62. The SMILES string of the molecule is CCC[CH2][Sn]([CH2]CCC)([CH2]CCC)[C](=C/CCCC=O)/C(C)=C/C(=O)OC. The van der Waals surface area contributed by atoms with Gasteiger partial charge < -0.3 is 0 Å². The second-order valence-corrected chi connectivity index (χ2v) is 20.8. The van der Waals surface area contributed by atoms with E-state index in [9.17, 15) is 9.59 Å². The molecule has 0 bridgehead atoms. The van der Waals surface area contributed by atoms with Crippen molar-refractivity contribution < 1.29 is 14.3 Å². The van der Waals surface area contributed by atoms with Gasteiger partial charge in [0.15, 0.2) is 0 Å². The molecule has 0 heterocycles. The molecule has 0 saturated heterocycles. The topological polar surface area (TPSA) is 43.4 Å². The number of aldehydes is 1. The van der Waals surface area contributed by atoms with Gasteiger partial charge in [-0.1, -0.05) is 0 Å². The Morgan fingerprint density at radius 2 is 1.41 bits per heavy atom. The van der Waals surface area contributed by atoms with Crippen molar-refractivity contribution in [2.75, 3.05) is 7.11 Å². The number of rotatable bonds is 16. The Hall–Kier alpha value is -0.581. The average molecular weight is 485 g/mol. The van der Waals surface area contributed by atoms with Crippen molar-refractivity contribution in [3.63, 3.8) is 0 Å². The van der Waals surface area contributed by atoms with Crippen molar-refractivity contribution in [1.29, 1.82) is 0 Å². The van der Waals surface area contributed by atoms with Gasteiger partial charge in [-0.05, 0) is 0 Å². The molecular formula is C23H42O3Sn. The minimum absolute atomic E-state index is 0.257. The molecule has 0 aliphatic heterocycles. The van der Waals surface area contributed by atoms with Gasteiger partial charge in [0, 0.05) is 0 Å². The number of allylic oxidation sites excluding steroid dienone is 3. The number of unbranched alkanes of at least 4 members (excludes halogenated alkanes) is 5. The molecule has 0 radical (unpaired) electrons. The Morgan fingerprint density at radius 1 is 0.889 bits per heavy atom. The quantitative estimate of drug-likeness (QED) is 0.0604. The van der Waals surface area contributed by atoms with Crippen LogP contribution in [0.3, 0.4) is 0 Å². The van der Waals surface area contributed by atoms with E-state index in [1.54, 1.807) is 6.08 Å². The summed E-state index contributed by atoms with van der Waals surface area (Å²) in [6.45, 7) is 8.93. The van der Waals surface area contributed by atoms with E-state index in [-0.39, 0.29) is 5.97 Å². The zero-order valence-corrected chi connectivity index (χ0v) is 21.3. The van der Waals surface area contributed by atoms with Crippen LogP contribution in [0.2, 0.25) is 13.3 Å². The molecule has 0 fully saturated rings. The summed E-state index contributed by atoms with van der Waals surface area (Å²) in [6.07, 6.45) is 15.1. The molecule has 0 aromatic heterocycles. The van der Waals surface area contributed by atoms with Crippen LogP contribution >= 0.6 is 0 Å². The van der Waals surface area contributed by atoms with Crippen molar-refractivity contribution in [2.24, 2.45) is 0 Å². The zero-order valence-electron chi connectivity index (χ0n) is 18.4. The third-order valence-corrected chi connectivity index (χ3v) is 21.6. The van der Waals surface area contributed by atoms with Gasteiger partial charge in [0.2, 0.25) is 0 Å². The van der Waals surface area contributed by atoms with Crippen LogP contribution in [0.25, 0.3) is 0 Å². The molecule has 3 nitrogen and oxygen atoms in total. The van der Waals surface area contributed by atoms with Gasteiger partial charge in [-0.15, -0.1) is 0 Å². The molecule has 156 valence electrons. The molecule has 0 saturated carbocycles. The monoisotopic (exact) mass is 486 g/mol. The van der Waals surface area contributed by atoms with Crippen LogP contribution in [0.1, 0.15) is 85.5 Å². The third-order valence-electron chi connectivity index (χ3n) is 5.43. The number of ether oxygens (including phenoxy) is 1. The molecule has 0 aromatic carbocycles. The summed E-state index contributed by atoms with van der Waals surface area (Å²) < 4.78 is 10.5. The molecule has 0 unspecified atom stereocenters. The van der Waals surface area contributed by atoms with Crippen molar-refractivity contribution in [1.82, 2.24) is 0 Å². The van der Waals surface area contributed by atoms with Crippen molar-refractivity contribution in [2.45, 2.75) is 98.8 Å². The second-order valence-electron chi connectivity index (χ2n) is 7.66. The van der Waals surface area contributed by atoms with Crippen molar-refractivity contribution in [3.05, 3.63) is 21.3 Å². The fourth-order valence-electron chi connectivity index (χ4n) is 3.88. The van der Waals surface area contributed by atoms with Crippen LogP contribution < -0.4 is 0 Å². The molecule has 0 N–H and O–H groups in total. The van der Waals surface area contributed by atoms with E-state index in [1.807, 2.05) is 0 Å². The van der Waals surface area contributed by atoms with Gasteiger partial charge in [-0.2, -0.15) is 0 Å². The molecule has 4 heteroatoms. The molecule has 0 spiro atoms. The van der Waals surface area contributed by atoms with Gasteiger partial charge in [0.25, 0.3) is 0 Å². The number of hydrogen-bond acceptors (Lipinski definition) is 3. The van der Waals surface area contributed by atoms with Crippen molar-refractivity contribution >= 4 is 30.6 Å². The molecule has 0 rings (SSSR count). The Labute approximate surface area is 171 Å². The fraction of sp³-hybridized carbons (Fsp3) is 0.739. The Balaban J connectivity index is 6.02. The summed E-state index contributed by atoms with van der Waals surface area (Å²) >= 11 is -2.62. The van der Waals surface area contributed by atoms with Crippen LogP contribution in [0.5, 0.6) is 0 Å². The zero-order chi connectivity index (χ0) is 20.5. The summed E-state index contributed by atoms with van der Waals surface area (Å²) in [4.78, 5) is 22.6. The molecule has 0 amide bonds. The first-order valence-electron chi connectivity index (χ1n) is 10.9. The summed E-state index contributed by atoms with van der Waals surface area (Å²) in [5, 5.41) is 0. The van der Waals surface area contributed by atoms with E-state index < -0.39 is 18.4 Å². The van der Waals surface area contributed by atoms with Gasteiger partial charge >= 0.3 is 172 Å². The standard InChI is InChI=1S/C11H15O3.3C4H9.Sn/c1-10(9-11(13)14-2)7-5-3-4-6-8-12;3*1-3-4-2;/h5,8-9H,3-4,6H2,1-2H3;3*1,3-4H2,2H3;/b7-5?,10-9+;;;;. The van der Waals surface area contributed by atoms with Crippen LogP contribution in [0.4, 0.5) is 0 Å². The van der Waals surface area contributed by atoms with E-state index in [1.165, 1.54) is 62.5 Å². The Kier molecular flexibility index (Phi) is 16.0. The van der Waals surface area contributed by atoms with Crippen LogP contribution in [-0.2, 0) is 14.3 Å². The molecule has 27 heavy (non-hydrogen) atoms. The predicted molar refractivity (Wildman–Crippen MR) is 119 cm³/mol. The van der Waals surface area contributed by atoms with E-state index in [2.05, 4.69) is 33.8 Å². The summed E-state index contributed by atoms with van der Waals surface area (Å²) in [6, 6.07) is 0. The third kappa shape index (κ3) is 10.5. The fourth-order valence-corrected chi connectivity index (χ4v) is 21.4. The molecule has 0 aliphatic rings. The van der Waals surface area contributed by atoms with E-state index in [4.69, 9.17) is 4.74 Å². The number of esters is 1. The first-order chi connectivity index (χ1) is 13.0. The van der Waals surface area contributed by atoms with Gasteiger partial charge in [-0.3, -0.25) is 0 Å². The Bertz CT molecular complexity index is 458. The summed E-state index contributed by atoms with van der Waals surface area (Å²) in [7, 11) is 1.45. The van der Waals surface area contributed by atoms with Crippen molar-refractivity contribution in [3.8, 4) is 0 Å². The summed E-state index contributed by atoms with van der Waals surface area (Å²) in [5.41, 5.74) is 1.12. The Morgan fingerprint density at radius 3 is 1.81 bits per heavy atom. The predicted octanol–water partition coefficient (Wildman–Crippen LogP) is 6.79. The van der Waals surface area contributed by atoms with E-state index in [0.29, 0.717) is 6.42 Å². The first kappa shape index (κ1) is 26.4. The van der Waals surface area contributed by atoms with Crippen LogP contribution in [-0.4, -0.2) is 37.7 Å². The number of carbonyl (C=O) groups excluding carboxylic acids is 2. The van der Waals surface area contributed by atoms with E-state index >= 15 is 0 Å².